The van der Waals surface area contributed by atoms with Gasteiger partial charge < -0.3 is 14.5 Å². The van der Waals surface area contributed by atoms with Crippen molar-refractivity contribution in [2.75, 3.05) is 37.7 Å². The maximum Gasteiger partial charge on any atom is 0.260 e. The lowest BCUT2D eigenvalue weighted by molar-refractivity contribution is -0.133. The molecule has 1 aliphatic heterocycles. The van der Waals surface area contributed by atoms with Gasteiger partial charge in [-0.3, -0.25) is 4.79 Å². The summed E-state index contributed by atoms with van der Waals surface area (Å²) in [4.78, 5) is 16.8. The maximum absolute atomic E-state index is 12.8. The van der Waals surface area contributed by atoms with Gasteiger partial charge >= 0.3 is 0 Å². The van der Waals surface area contributed by atoms with E-state index in [2.05, 4.69) is 60.1 Å². The van der Waals surface area contributed by atoms with Crippen molar-refractivity contribution in [1.82, 2.24) is 15.1 Å². The van der Waals surface area contributed by atoms with Crippen LogP contribution in [-0.2, 0) is 4.79 Å². The van der Waals surface area contributed by atoms with Crippen molar-refractivity contribution in [3.63, 3.8) is 0 Å². The summed E-state index contributed by atoms with van der Waals surface area (Å²) < 4.78 is 5.94. The van der Waals surface area contributed by atoms with Gasteiger partial charge in [-0.2, -0.15) is 0 Å². The molecule has 1 saturated heterocycles. The minimum Gasteiger partial charge on any atom is -0.483 e. The zero-order chi connectivity index (χ0) is 23.4. The highest BCUT2D eigenvalue weighted by Gasteiger charge is 2.23. The Balaban J connectivity index is 1.32. The van der Waals surface area contributed by atoms with Crippen LogP contribution < -0.4 is 9.64 Å². The molecular weight excluding hydrogens is 412 g/mol. The molecule has 0 radical (unpaired) electrons. The number of benzene rings is 2. The van der Waals surface area contributed by atoms with E-state index in [1.165, 1.54) is 5.56 Å². The van der Waals surface area contributed by atoms with E-state index in [9.17, 15) is 4.79 Å². The van der Waals surface area contributed by atoms with E-state index >= 15 is 0 Å². The van der Waals surface area contributed by atoms with E-state index in [1.54, 1.807) is 0 Å². The van der Waals surface area contributed by atoms with E-state index in [0.29, 0.717) is 19.0 Å². The third-order valence-electron chi connectivity index (χ3n) is 6.17. The summed E-state index contributed by atoms with van der Waals surface area (Å²) in [6, 6.07) is 18.4. The highest BCUT2D eigenvalue weighted by atomic mass is 16.5. The van der Waals surface area contributed by atoms with Gasteiger partial charge in [-0.25, -0.2) is 0 Å². The zero-order valence-corrected chi connectivity index (χ0v) is 19.9. The number of ether oxygens (including phenoxy) is 1. The van der Waals surface area contributed by atoms with Crippen molar-refractivity contribution in [3.05, 3.63) is 71.3 Å². The lowest BCUT2D eigenvalue weighted by Gasteiger charge is -2.35. The number of hydrogen-bond donors (Lipinski definition) is 0. The van der Waals surface area contributed by atoms with Gasteiger partial charge in [0.15, 0.2) is 12.4 Å². The second-order valence-electron chi connectivity index (χ2n) is 8.94. The second-order valence-corrected chi connectivity index (χ2v) is 8.94. The molecule has 0 unspecified atom stereocenters. The number of rotatable bonds is 6. The first-order chi connectivity index (χ1) is 15.9. The van der Waals surface area contributed by atoms with Crippen LogP contribution in [0.5, 0.6) is 5.75 Å². The van der Waals surface area contributed by atoms with Crippen LogP contribution in [0.2, 0.25) is 0 Å². The molecule has 4 rings (SSSR count). The van der Waals surface area contributed by atoms with Crippen molar-refractivity contribution in [2.24, 2.45) is 0 Å². The summed E-state index contributed by atoms with van der Waals surface area (Å²) in [5.41, 5.74) is 5.41. The first kappa shape index (κ1) is 22.8. The number of aryl methyl sites for hydroxylation is 2. The van der Waals surface area contributed by atoms with E-state index in [1.807, 2.05) is 42.2 Å². The molecule has 1 amide bonds. The maximum atomic E-state index is 12.8. The molecular formula is C27H32N4O2. The van der Waals surface area contributed by atoms with Gasteiger partial charge in [0.2, 0.25) is 0 Å². The predicted octanol–water partition coefficient (Wildman–Crippen LogP) is 4.61. The van der Waals surface area contributed by atoms with Crippen molar-refractivity contribution < 1.29 is 9.53 Å². The van der Waals surface area contributed by atoms with Crippen LogP contribution in [0.1, 0.15) is 36.5 Å². The Labute approximate surface area is 196 Å². The second kappa shape index (κ2) is 10.0. The Morgan fingerprint density at radius 3 is 2.39 bits per heavy atom. The molecule has 3 aromatic rings. The molecule has 1 aromatic heterocycles. The molecule has 0 atom stereocenters. The molecule has 0 N–H and O–H groups in total. The molecule has 172 valence electrons. The fourth-order valence-corrected chi connectivity index (χ4v) is 4.16. The highest BCUT2D eigenvalue weighted by Crippen LogP contribution is 2.27. The number of aromatic nitrogens is 2. The van der Waals surface area contributed by atoms with E-state index in [0.717, 1.165) is 47.0 Å². The lowest BCUT2D eigenvalue weighted by Crippen LogP contribution is -2.50. The van der Waals surface area contributed by atoms with Gasteiger partial charge in [0.25, 0.3) is 5.91 Å². The number of piperazine rings is 1. The summed E-state index contributed by atoms with van der Waals surface area (Å²) in [6.45, 7) is 11.2. The average Bonchev–Trinajstić information content (AvgIpc) is 2.83. The molecule has 6 heteroatoms. The molecule has 0 aliphatic carbocycles. The number of carbonyl (C=O) groups is 1. The fourth-order valence-electron chi connectivity index (χ4n) is 4.16. The molecule has 33 heavy (non-hydrogen) atoms. The summed E-state index contributed by atoms with van der Waals surface area (Å²) >= 11 is 0. The van der Waals surface area contributed by atoms with Crippen LogP contribution in [0.25, 0.3) is 11.3 Å². The van der Waals surface area contributed by atoms with Crippen molar-refractivity contribution in [2.45, 2.75) is 33.6 Å². The molecule has 0 spiro atoms. The molecule has 1 aliphatic rings. The summed E-state index contributed by atoms with van der Waals surface area (Å²) in [6.07, 6.45) is 0. The number of amides is 1. The summed E-state index contributed by atoms with van der Waals surface area (Å²) in [7, 11) is 0. The molecule has 0 bridgehead atoms. The monoisotopic (exact) mass is 444 g/mol. The molecule has 2 aromatic carbocycles. The first-order valence-corrected chi connectivity index (χ1v) is 11.6. The van der Waals surface area contributed by atoms with Gasteiger partial charge in [0.05, 0.1) is 5.69 Å². The first-order valence-electron chi connectivity index (χ1n) is 11.6. The molecule has 1 fully saturated rings. The van der Waals surface area contributed by atoms with Gasteiger partial charge in [-0.1, -0.05) is 50.2 Å². The van der Waals surface area contributed by atoms with Gasteiger partial charge in [0, 0.05) is 31.7 Å². The normalized spacial score (nSPS) is 14.0. The minimum atomic E-state index is 0.0202. The minimum absolute atomic E-state index is 0.0202. The van der Waals surface area contributed by atoms with E-state index in [-0.39, 0.29) is 12.5 Å². The van der Waals surface area contributed by atoms with Crippen LogP contribution in [0.3, 0.4) is 0 Å². The van der Waals surface area contributed by atoms with Gasteiger partial charge in [-0.05, 0) is 54.7 Å². The third-order valence-corrected chi connectivity index (χ3v) is 6.17. The van der Waals surface area contributed by atoms with Crippen molar-refractivity contribution in [1.29, 1.82) is 0 Å². The van der Waals surface area contributed by atoms with E-state index in [4.69, 9.17) is 4.74 Å². The van der Waals surface area contributed by atoms with Crippen LogP contribution in [-0.4, -0.2) is 53.8 Å². The molecule has 6 nitrogen and oxygen atoms in total. The van der Waals surface area contributed by atoms with Crippen LogP contribution >= 0.6 is 0 Å². The van der Waals surface area contributed by atoms with Gasteiger partial charge in [-0.15, -0.1) is 10.2 Å². The topological polar surface area (TPSA) is 58.6 Å². The Kier molecular flexibility index (Phi) is 6.92. The predicted molar refractivity (Wildman–Crippen MR) is 132 cm³/mol. The number of hydrogen-bond acceptors (Lipinski definition) is 5. The van der Waals surface area contributed by atoms with Gasteiger partial charge in [0.1, 0.15) is 5.75 Å². The van der Waals surface area contributed by atoms with Crippen molar-refractivity contribution >= 4 is 11.7 Å². The Hall–Kier alpha value is -3.41. The fraction of sp³-hybridized carbons (Fsp3) is 0.370. The molecule has 0 saturated carbocycles. The SMILES string of the molecule is Cc1ccc(C(C)C)c(OCC(=O)N2CCN(c3ccc(-c4ccccc4C)nn3)CC2)c1. The number of carbonyl (C=O) groups excluding carboxylic acids is 1. The quantitative estimate of drug-likeness (QED) is 0.556. The van der Waals surface area contributed by atoms with Crippen molar-refractivity contribution in [3.8, 4) is 17.0 Å². The smallest absolute Gasteiger partial charge is 0.260 e. The summed E-state index contributed by atoms with van der Waals surface area (Å²) in [5, 5.41) is 8.89. The standard InChI is InChI=1S/C27H32N4O2/c1-19(2)22-10-9-20(3)17-25(22)33-18-27(32)31-15-13-30(14-16-31)26-12-11-24(28-29-26)23-8-6-5-7-21(23)4/h5-12,17,19H,13-16,18H2,1-4H3. The highest BCUT2D eigenvalue weighted by molar-refractivity contribution is 5.78. The van der Waals surface area contributed by atoms with Crippen LogP contribution in [0.15, 0.2) is 54.6 Å². The Morgan fingerprint density at radius 1 is 0.970 bits per heavy atom. The largest absolute Gasteiger partial charge is 0.483 e. The number of nitrogens with zero attached hydrogens (tertiary/aromatic N) is 4. The Bertz CT molecular complexity index is 1100. The third kappa shape index (κ3) is 5.33. The average molecular weight is 445 g/mol. The van der Waals surface area contributed by atoms with E-state index < -0.39 is 0 Å². The van der Waals surface area contributed by atoms with Crippen LogP contribution in [0.4, 0.5) is 5.82 Å². The molecule has 2 heterocycles. The Morgan fingerprint density at radius 2 is 1.73 bits per heavy atom. The lowest BCUT2D eigenvalue weighted by atomic mass is 10.0. The summed E-state index contributed by atoms with van der Waals surface area (Å²) in [5.74, 6) is 2.02. The number of anilines is 1. The zero-order valence-electron chi connectivity index (χ0n) is 19.9. The van der Waals surface area contributed by atoms with Crippen LogP contribution in [0, 0.1) is 13.8 Å².